The Morgan fingerprint density at radius 2 is 1.58 bits per heavy atom. The van der Waals surface area contributed by atoms with Crippen LogP contribution in [0.4, 0.5) is 32.2 Å². The molecule has 1 fully saturated rings. The van der Waals surface area contributed by atoms with Gasteiger partial charge in [-0.25, -0.2) is 4.98 Å². The van der Waals surface area contributed by atoms with E-state index in [4.69, 9.17) is 0 Å². The first-order valence-corrected chi connectivity index (χ1v) is 9.12. The molecule has 166 valence electrons. The van der Waals surface area contributed by atoms with E-state index in [2.05, 4.69) is 9.72 Å². The second-order valence-electron chi connectivity index (χ2n) is 6.67. The van der Waals surface area contributed by atoms with Crippen LogP contribution in [0.2, 0.25) is 0 Å². The summed E-state index contributed by atoms with van der Waals surface area (Å²) >= 11 is 0. The number of hydrogen-bond acceptors (Lipinski definition) is 4. The van der Waals surface area contributed by atoms with Gasteiger partial charge in [0.15, 0.2) is 0 Å². The Hall–Kier alpha value is -3.24. The van der Waals surface area contributed by atoms with Crippen LogP contribution in [0.3, 0.4) is 0 Å². The number of alkyl halides is 6. The highest BCUT2D eigenvalue weighted by molar-refractivity contribution is 5.92. The average Bonchev–Trinajstić information content (AvgIpc) is 2.71. The third-order valence-corrected chi connectivity index (χ3v) is 4.52. The van der Waals surface area contributed by atoms with Gasteiger partial charge in [0.2, 0.25) is 5.91 Å². The first-order valence-electron chi connectivity index (χ1n) is 9.12. The summed E-state index contributed by atoms with van der Waals surface area (Å²) in [6, 6.07) is 7.33. The van der Waals surface area contributed by atoms with Crippen molar-refractivity contribution < 1.29 is 35.9 Å². The third kappa shape index (κ3) is 6.37. The molecular formula is C20H17F6N3O2. The minimum Gasteiger partial charge on any atom is -0.406 e. The second-order valence-corrected chi connectivity index (χ2v) is 6.67. The van der Waals surface area contributed by atoms with Gasteiger partial charge in [0.1, 0.15) is 11.6 Å². The maximum atomic E-state index is 12.6. The first kappa shape index (κ1) is 22.4. The van der Waals surface area contributed by atoms with Crippen LogP contribution >= 0.6 is 0 Å². The van der Waals surface area contributed by atoms with Crippen molar-refractivity contribution >= 4 is 17.8 Å². The number of hydrogen-bond donors (Lipinski definition) is 0. The molecule has 1 aromatic heterocycles. The number of benzene rings is 1. The quantitative estimate of drug-likeness (QED) is 0.518. The molecule has 1 amide bonds. The molecule has 0 saturated carbocycles. The lowest BCUT2D eigenvalue weighted by Gasteiger charge is -2.35. The van der Waals surface area contributed by atoms with Crippen LogP contribution in [-0.2, 0) is 11.0 Å². The Morgan fingerprint density at radius 3 is 2.10 bits per heavy atom. The van der Waals surface area contributed by atoms with Gasteiger partial charge in [-0.3, -0.25) is 4.79 Å². The summed E-state index contributed by atoms with van der Waals surface area (Å²) in [5, 5.41) is 0. The van der Waals surface area contributed by atoms with Crippen LogP contribution in [0.5, 0.6) is 5.75 Å². The fraction of sp³-hybridized carbons (Fsp3) is 0.300. The number of halogens is 6. The summed E-state index contributed by atoms with van der Waals surface area (Å²) in [6.45, 7) is 1.51. The molecule has 2 heterocycles. The van der Waals surface area contributed by atoms with Crippen molar-refractivity contribution in [3.05, 3.63) is 59.8 Å². The predicted octanol–water partition coefficient (Wildman–Crippen LogP) is 4.36. The van der Waals surface area contributed by atoms with E-state index in [0.29, 0.717) is 37.6 Å². The molecule has 0 atom stereocenters. The number of carbonyl (C=O) groups excluding carboxylic acids is 1. The molecule has 0 aliphatic carbocycles. The smallest absolute Gasteiger partial charge is 0.406 e. The number of aromatic nitrogens is 1. The molecule has 3 rings (SSSR count). The van der Waals surface area contributed by atoms with E-state index in [-0.39, 0.29) is 11.7 Å². The molecule has 31 heavy (non-hydrogen) atoms. The Morgan fingerprint density at radius 1 is 0.935 bits per heavy atom. The lowest BCUT2D eigenvalue weighted by atomic mass is 10.2. The fourth-order valence-corrected chi connectivity index (χ4v) is 2.95. The minimum atomic E-state index is -4.77. The van der Waals surface area contributed by atoms with Crippen LogP contribution in [0.1, 0.15) is 11.1 Å². The van der Waals surface area contributed by atoms with E-state index in [1.54, 1.807) is 9.80 Å². The minimum absolute atomic E-state index is 0.282. The van der Waals surface area contributed by atoms with Gasteiger partial charge >= 0.3 is 12.5 Å². The molecule has 2 aromatic rings. The number of amides is 1. The summed E-state index contributed by atoms with van der Waals surface area (Å²) in [6.07, 6.45) is -5.66. The van der Waals surface area contributed by atoms with Crippen molar-refractivity contribution in [2.75, 3.05) is 31.1 Å². The SMILES string of the molecule is O=C(/C=C/c1ccc(OC(F)(F)F)cc1)N1CCN(c2ccc(C(F)(F)F)cn2)CC1. The number of piperazine rings is 1. The van der Waals surface area contributed by atoms with Crippen molar-refractivity contribution in [3.8, 4) is 5.75 Å². The Kier molecular flexibility index (Phi) is 6.42. The van der Waals surface area contributed by atoms with Gasteiger partial charge in [-0.2, -0.15) is 13.2 Å². The van der Waals surface area contributed by atoms with E-state index in [1.807, 2.05) is 0 Å². The third-order valence-electron chi connectivity index (χ3n) is 4.52. The normalized spacial score (nSPS) is 15.4. The van der Waals surface area contributed by atoms with E-state index < -0.39 is 18.1 Å². The lowest BCUT2D eigenvalue weighted by molar-refractivity contribution is -0.274. The van der Waals surface area contributed by atoms with Gasteiger partial charge in [0, 0.05) is 38.5 Å². The van der Waals surface area contributed by atoms with E-state index in [1.165, 1.54) is 30.4 Å². The van der Waals surface area contributed by atoms with Crippen LogP contribution in [0.15, 0.2) is 48.7 Å². The first-order chi connectivity index (χ1) is 14.5. The highest BCUT2D eigenvalue weighted by atomic mass is 19.4. The van der Waals surface area contributed by atoms with Crippen LogP contribution in [-0.4, -0.2) is 48.3 Å². The van der Waals surface area contributed by atoms with E-state index in [9.17, 15) is 31.1 Å². The Balaban J connectivity index is 1.52. The summed E-state index contributed by atoms with van der Waals surface area (Å²) < 4.78 is 78.2. The average molecular weight is 445 g/mol. The molecule has 0 unspecified atom stereocenters. The standard InChI is InChI=1S/C20H17F6N3O2/c21-19(22,23)15-4-7-17(27-13-15)28-9-11-29(12-10-28)18(30)8-3-14-1-5-16(6-2-14)31-20(24,25)26/h1-8,13H,9-12H2/b8-3+. The zero-order chi connectivity index (χ0) is 22.6. The van der Waals surface area contributed by atoms with Crippen LogP contribution < -0.4 is 9.64 Å². The highest BCUT2D eigenvalue weighted by Gasteiger charge is 2.31. The number of pyridine rings is 1. The van der Waals surface area contributed by atoms with Crippen molar-refractivity contribution in [2.24, 2.45) is 0 Å². The monoisotopic (exact) mass is 445 g/mol. The van der Waals surface area contributed by atoms with Gasteiger partial charge < -0.3 is 14.5 Å². The van der Waals surface area contributed by atoms with E-state index >= 15 is 0 Å². The second kappa shape index (κ2) is 8.86. The van der Waals surface area contributed by atoms with Crippen LogP contribution in [0, 0.1) is 0 Å². The molecular weight excluding hydrogens is 428 g/mol. The molecule has 5 nitrogen and oxygen atoms in total. The largest absolute Gasteiger partial charge is 0.573 e. The van der Waals surface area contributed by atoms with Gasteiger partial charge in [0.25, 0.3) is 0 Å². The Bertz CT molecular complexity index is 916. The summed E-state index contributed by atoms with van der Waals surface area (Å²) in [5.74, 6) is -0.239. The zero-order valence-corrected chi connectivity index (χ0v) is 16.0. The zero-order valence-electron chi connectivity index (χ0n) is 16.0. The Labute approximate surface area is 173 Å². The van der Waals surface area contributed by atoms with E-state index in [0.717, 1.165) is 24.4 Å². The van der Waals surface area contributed by atoms with Gasteiger partial charge in [-0.05, 0) is 35.9 Å². The van der Waals surface area contributed by atoms with Crippen LogP contribution in [0.25, 0.3) is 6.08 Å². The molecule has 1 aliphatic rings. The molecule has 0 radical (unpaired) electrons. The van der Waals surface area contributed by atoms with Crippen molar-refractivity contribution in [1.82, 2.24) is 9.88 Å². The maximum absolute atomic E-state index is 12.6. The molecule has 0 bridgehead atoms. The molecule has 1 saturated heterocycles. The van der Waals surface area contributed by atoms with Crippen molar-refractivity contribution in [3.63, 3.8) is 0 Å². The fourth-order valence-electron chi connectivity index (χ4n) is 2.95. The lowest BCUT2D eigenvalue weighted by Crippen LogP contribution is -2.48. The molecule has 11 heteroatoms. The molecule has 0 spiro atoms. The topological polar surface area (TPSA) is 45.7 Å². The van der Waals surface area contributed by atoms with Gasteiger partial charge in [-0.1, -0.05) is 12.1 Å². The number of rotatable bonds is 4. The summed E-state index contributed by atoms with van der Waals surface area (Å²) in [5.41, 5.74) is -0.302. The van der Waals surface area contributed by atoms with Crippen molar-refractivity contribution in [2.45, 2.75) is 12.5 Å². The predicted molar refractivity (Wildman–Crippen MR) is 100 cm³/mol. The summed E-state index contributed by atoms with van der Waals surface area (Å²) in [4.78, 5) is 19.5. The number of ether oxygens (including phenoxy) is 1. The van der Waals surface area contributed by atoms with Gasteiger partial charge in [-0.15, -0.1) is 13.2 Å². The van der Waals surface area contributed by atoms with Gasteiger partial charge in [0.05, 0.1) is 5.56 Å². The summed E-state index contributed by atoms with van der Waals surface area (Å²) in [7, 11) is 0. The number of nitrogens with zero attached hydrogens (tertiary/aromatic N) is 3. The highest BCUT2D eigenvalue weighted by Crippen LogP contribution is 2.29. The molecule has 0 N–H and O–H groups in total. The van der Waals surface area contributed by atoms with Crippen molar-refractivity contribution in [1.29, 1.82) is 0 Å². The number of carbonyl (C=O) groups is 1. The maximum Gasteiger partial charge on any atom is 0.573 e. The number of anilines is 1. The molecule has 1 aromatic carbocycles. The molecule has 1 aliphatic heterocycles.